The molecule has 0 aliphatic carbocycles. The summed E-state index contributed by atoms with van der Waals surface area (Å²) in [5, 5.41) is 2.34. The molecule has 31 heavy (non-hydrogen) atoms. The van der Waals surface area contributed by atoms with Crippen LogP contribution in [0.1, 0.15) is 24.4 Å². The minimum absolute atomic E-state index is 0.00493. The number of nitrogens with zero attached hydrogens (tertiary/aromatic N) is 1. The Morgan fingerprint density at radius 3 is 2.29 bits per heavy atom. The summed E-state index contributed by atoms with van der Waals surface area (Å²) in [6.45, 7) is 2.30. The highest BCUT2D eigenvalue weighted by atomic mass is 35.5. The lowest BCUT2D eigenvalue weighted by atomic mass is 9.93. The number of hydrogen-bond acceptors (Lipinski definition) is 2. The average molecular weight is 473 g/mol. The summed E-state index contributed by atoms with van der Waals surface area (Å²) in [5.74, 6) is 0.00493. The molecule has 0 fully saturated rings. The zero-order valence-electron chi connectivity index (χ0n) is 16.9. The average Bonchev–Trinajstić information content (AvgIpc) is 3.18. The van der Waals surface area contributed by atoms with Crippen molar-refractivity contribution < 1.29 is 8.42 Å². The van der Waals surface area contributed by atoms with Crippen molar-refractivity contribution in [2.75, 3.05) is 6.54 Å². The molecule has 0 bridgehead atoms. The van der Waals surface area contributed by atoms with Crippen LogP contribution in [-0.2, 0) is 10.0 Å². The Balaban J connectivity index is 1.72. The van der Waals surface area contributed by atoms with E-state index in [9.17, 15) is 8.42 Å². The van der Waals surface area contributed by atoms with Gasteiger partial charge in [0.25, 0.3) is 0 Å². The molecule has 0 spiro atoms. The second-order valence-corrected chi connectivity index (χ2v) is 10.1. The standard InChI is InChI=1S/C24H22Cl2N2O2S/c1-17(18-7-10-20(25)11-8-18)24(16-27-31(29,30)22-5-3-2-4-6-22)28-14-13-19-9-12-21(26)15-23(19)28/h2-15,17,24,27H,16H2,1H3. The van der Waals surface area contributed by atoms with Gasteiger partial charge in [-0.15, -0.1) is 0 Å². The monoisotopic (exact) mass is 472 g/mol. The van der Waals surface area contributed by atoms with Crippen molar-refractivity contribution in [1.82, 2.24) is 9.29 Å². The topological polar surface area (TPSA) is 51.1 Å². The number of nitrogens with one attached hydrogen (secondary N) is 1. The van der Waals surface area contributed by atoms with E-state index in [-0.39, 0.29) is 23.4 Å². The molecule has 4 rings (SSSR count). The van der Waals surface area contributed by atoms with Gasteiger partial charge in [-0.2, -0.15) is 0 Å². The first-order valence-electron chi connectivity index (χ1n) is 9.91. The Morgan fingerprint density at radius 2 is 1.58 bits per heavy atom. The number of sulfonamides is 1. The van der Waals surface area contributed by atoms with Crippen molar-refractivity contribution in [2.45, 2.75) is 23.8 Å². The van der Waals surface area contributed by atoms with E-state index in [1.165, 1.54) is 0 Å². The van der Waals surface area contributed by atoms with E-state index < -0.39 is 10.0 Å². The third-order valence-corrected chi connectivity index (χ3v) is 7.48. The van der Waals surface area contributed by atoms with Gasteiger partial charge in [0, 0.05) is 34.2 Å². The van der Waals surface area contributed by atoms with Crippen LogP contribution in [0.5, 0.6) is 0 Å². The van der Waals surface area contributed by atoms with Crippen LogP contribution in [0.2, 0.25) is 10.0 Å². The molecule has 0 radical (unpaired) electrons. The third kappa shape index (κ3) is 4.80. The first kappa shape index (κ1) is 21.9. The molecule has 1 N–H and O–H groups in total. The summed E-state index contributed by atoms with van der Waals surface area (Å²) in [4.78, 5) is 0.244. The number of fused-ring (bicyclic) bond motifs is 1. The van der Waals surface area contributed by atoms with Gasteiger partial charge < -0.3 is 4.57 Å². The molecule has 1 heterocycles. The fourth-order valence-corrected chi connectivity index (χ4v) is 5.16. The Labute approximate surface area is 192 Å². The molecule has 1 aromatic heterocycles. The van der Waals surface area contributed by atoms with Crippen LogP contribution in [0.3, 0.4) is 0 Å². The zero-order valence-corrected chi connectivity index (χ0v) is 19.2. The maximum atomic E-state index is 12.9. The molecule has 0 aliphatic rings. The molecule has 3 aromatic carbocycles. The highest BCUT2D eigenvalue weighted by Gasteiger charge is 2.25. The number of benzene rings is 3. The molecular weight excluding hydrogens is 451 g/mol. The van der Waals surface area contributed by atoms with Crippen molar-refractivity contribution >= 4 is 44.1 Å². The largest absolute Gasteiger partial charge is 0.342 e. The summed E-state index contributed by atoms with van der Waals surface area (Å²) in [6.07, 6.45) is 1.98. The van der Waals surface area contributed by atoms with Crippen molar-refractivity contribution in [1.29, 1.82) is 0 Å². The van der Waals surface area contributed by atoms with Crippen LogP contribution in [0, 0.1) is 0 Å². The number of rotatable bonds is 7. The quantitative estimate of drug-likeness (QED) is 0.344. The minimum atomic E-state index is -3.64. The molecule has 2 atom stereocenters. The highest BCUT2D eigenvalue weighted by Crippen LogP contribution is 2.33. The van der Waals surface area contributed by atoms with E-state index in [2.05, 4.69) is 16.2 Å². The Morgan fingerprint density at radius 1 is 0.903 bits per heavy atom. The second-order valence-electron chi connectivity index (χ2n) is 7.50. The van der Waals surface area contributed by atoms with Gasteiger partial charge in [0.2, 0.25) is 10.0 Å². The van der Waals surface area contributed by atoms with Crippen LogP contribution in [0.25, 0.3) is 10.9 Å². The second kappa shape index (κ2) is 9.05. The fraction of sp³-hybridized carbons (Fsp3) is 0.167. The molecular formula is C24H22Cl2N2O2S. The first-order valence-corrected chi connectivity index (χ1v) is 12.2. The van der Waals surface area contributed by atoms with E-state index in [0.717, 1.165) is 16.5 Å². The van der Waals surface area contributed by atoms with Gasteiger partial charge >= 0.3 is 0 Å². The van der Waals surface area contributed by atoms with Gasteiger partial charge in [0.15, 0.2) is 0 Å². The van der Waals surface area contributed by atoms with E-state index in [0.29, 0.717) is 10.0 Å². The summed E-state index contributed by atoms with van der Waals surface area (Å²) in [6, 6.07) is 23.6. The predicted octanol–water partition coefficient (Wildman–Crippen LogP) is 6.27. The molecule has 2 unspecified atom stereocenters. The molecule has 0 saturated heterocycles. The normalized spacial score (nSPS) is 13.9. The van der Waals surface area contributed by atoms with E-state index in [4.69, 9.17) is 23.2 Å². The first-order chi connectivity index (χ1) is 14.8. The number of aromatic nitrogens is 1. The van der Waals surface area contributed by atoms with Crippen molar-refractivity contribution in [3.8, 4) is 0 Å². The van der Waals surface area contributed by atoms with Crippen molar-refractivity contribution in [3.63, 3.8) is 0 Å². The van der Waals surface area contributed by atoms with Crippen molar-refractivity contribution in [2.24, 2.45) is 0 Å². The molecule has 4 aromatic rings. The Bertz CT molecular complexity index is 1290. The zero-order chi connectivity index (χ0) is 22.0. The Hall–Kier alpha value is -2.31. The summed E-state index contributed by atoms with van der Waals surface area (Å²) in [5.41, 5.74) is 2.02. The van der Waals surface area contributed by atoms with Gasteiger partial charge in [-0.1, -0.05) is 66.5 Å². The third-order valence-electron chi connectivity index (χ3n) is 5.55. The Kier molecular flexibility index (Phi) is 6.39. The lowest BCUT2D eigenvalue weighted by Crippen LogP contribution is -2.33. The fourth-order valence-electron chi connectivity index (χ4n) is 3.79. The van der Waals surface area contributed by atoms with E-state index in [1.54, 1.807) is 30.3 Å². The van der Waals surface area contributed by atoms with Crippen LogP contribution < -0.4 is 4.72 Å². The highest BCUT2D eigenvalue weighted by molar-refractivity contribution is 7.89. The smallest absolute Gasteiger partial charge is 0.240 e. The predicted molar refractivity (Wildman–Crippen MR) is 127 cm³/mol. The van der Waals surface area contributed by atoms with Crippen LogP contribution in [0.15, 0.2) is 90.0 Å². The lowest BCUT2D eigenvalue weighted by Gasteiger charge is -2.27. The van der Waals surface area contributed by atoms with Gasteiger partial charge in [-0.3, -0.25) is 0 Å². The molecule has 4 nitrogen and oxygen atoms in total. The van der Waals surface area contributed by atoms with E-state index >= 15 is 0 Å². The number of halogens is 2. The van der Waals surface area contributed by atoms with Crippen LogP contribution in [-0.4, -0.2) is 19.5 Å². The molecule has 0 saturated carbocycles. The van der Waals surface area contributed by atoms with Gasteiger partial charge in [-0.25, -0.2) is 13.1 Å². The van der Waals surface area contributed by atoms with Crippen molar-refractivity contribution in [3.05, 3.63) is 101 Å². The summed E-state index contributed by atoms with van der Waals surface area (Å²) < 4.78 is 30.6. The molecule has 7 heteroatoms. The van der Waals surface area contributed by atoms with Crippen LogP contribution in [0.4, 0.5) is 0 Å². The maximum Gasteiger partial charge on any atom is 0.240 e. The summed E-state index contributed by atoms with van der Waals surface area (Å²) >= 11 is 12.3. The number of hydrogen-bond donors (Lipinski definition) is 1. The maximum absolute atomic E-state index is 12.9. The van der Waals surface area contributed by atoms with Gasteiger partial charge in [-0.05, 0) is 53.4 Å². The van der Waals surface area contributed by atoms with Gasteiger partial charge in [0.1, 0.15) is 0 Å². The minimum Gasteiger partial charge on any atom is -0.342 e. The molecule has 0 amide bonds. The molecule has 0 aliphatic heterocycles. The van der Waals surface area contributed by atoms with E-state index in [1.807, 2.05) is 54.7 Å². The van der Waals surface area contributed by atoms with Crippen LogP contribution >= 0.6 is 23.2 Å². The molecule has 160 valence electrons. The van der Waals surface area contributed by atoms with Gasteiger partial charge in [0.05, 0.1) is 10.9 Å². The SMILES string of the molecule is CC(c1ccc(Cl)cc1)C(CNS(=O)(=O)c1ccccc1)n1ccc2ccc(Cl)cc21. The summed E-state index contributed by atoms with van der Waals surface area (Å²) in [7, 11) is -3.64. The lowest BCUT2D eigenvalue weighted by molar-refractivity contribution is 0.435.